The van der Waals surface area contributed by atoms with Crippen molar-refractivity contribution < 1.29 is 4.74 Å². The highest BCUT2D eigenvalue weighted by atomic mass is 79.9. The van der Waals surface area contributed by atoms with Gasteiger partial charge in [-0.05, 0) is 36.8 Å². The molecule has 1 atom stereocenters. The van der Waals surface area contributed by atoms with Crippen LogP contribution in [-0.2, 0) is 0 Å². The summed E-state index contributed by atoms with van der Waals surface area (Å²) < 4.78 is 7.21. The molecule has 6 nitrogen and oxygen atoms in total. The standard InChI is InChI=1S/C20H20BrN5OS/c1-2-3-4-11-28-20-24-19-17(25-26-20)15-12-14(21)5-6-16(15)23-18(27-19)13-7-9-22-10-8-13/h5-10,12,18,23H,2-4,11H2,1H3/t18-/m0/s1. The summed E-state index contributed by atoms with van der Waals surface area (Å²) in [4.78, 5) is 8.77. The maximum Gasteiger partial charge on any atom is 0.247 e. The molecule has 0 bridgehead atoms. The van der Waals surface area contributed by atoms with Crippen molar-refractivity contribution in [3.8, 4) is 17.1 Å². The second-order valence-corrected chi connectivity index (χ2v) is 8.39. The molecule has 0 saturated heterocycles. The normalized spacial score (nSPS) is 15.0. The van der Waals surface area contributed by atoms with Gasteiger partial charge < -0.3 is 10.1 Å². The topological polar surface area (TPSA) is 72.8 Å². The minimum atomic E-state index is -0.390. The maximum atomic E-state index is 6.25. The lowest BCUT2D eigenvalue weighted by Gasteiger charge is -2.19. The van der Waals surface area contributed by atoms with Gasteiger partial charge in [0.15, 0.2) is 11.9 Å². The van der Waals surface area contributed by atoms with Crippen molar-refractivity contribution in [2.45, 2.75) is 37.6 Å². The van der Waals surface area contributed by atoms with E-state index in [2.05, 4.69) is 48.3 Å². The summed E-state index contributed by atoms with van der Waals surface area (Å²) in [7, 11) is 0. The summed E-state index contributed by atoms with van der Waals surface area (Å²) in [6.45, 7) is 2.20. The second-order valence-electron chi connectivity index (χ2n) is 6.42. The Kier molecular flexibility index (Phi) is 6.07. The van der Waals surface area contributed by atoms with E-state index in [4.69, 9.17) is 4.74 Å². The largest absolute Gasteiger partial charge is 0.448 e. The van der Waals surface area contributed by atoms with E-state index in [9.17, 15) is 0 Å². The van der Waals surface area contributed by atoms with Gasteiger partial charge in [0, 0.05) is 39.4 Å². The maximum absolute atomic E-state index is 6.25. The van der Waals surface area contributed by atoms with Gasteiger partial charge in [-0.15, -0.1) is 10.2 Å². The summed E-state index contributed by atoms with van der Waals surface area (Å²) in [5.74, 6) is 1.46. The Morgan fingerprint density at radius 2 is 2.00 bits per heavy atom. The fraction of sp³-hybridized carbons (Fsp3) is 0.300. The molecule has 3 heterocycles. The summed E-state index contributed by atoms with van der Waals surface area (Å²) in [5, 5.41) is 12.9. The molecule has 4 rings (SSSR count). The number of nitrogens with one attached hydrogen (secondary N) is 1. The number of thioether (sulfide) groups is 1. The van der Waals surface area contributed by atoms with Crippen LogP contribution in [0.15, 0.2) is 52.4 Å². The Morgan fingerprint density at radius 1 is 1.14 bits per heavy atom. The molecule has 2 aromatic heterocycles. The van der Waals surface area contributed by atoms with Crippen LogP contribution in [0, 0.1) is 0 Å². The van der Waals surface area contributed by atoms with Crippen LogP contribution in [0.2, 0.25) is 0 Å². The summed E-state index contributed by atoms with van der Waals surface area (Å²) >= 11 is 5.16. The Labute approximate surface area is 176 Å². The number of rotatable bonds is 6. The molecule has 144 valence electrons. The van der Waals surface area contributed by atoms with Crippen LogP contribution in [0.5, 0.6) is 5.88 Å². The molecule has 0 aliphatic carbocycles. The van der Waals surface area contributed by atoms with Crippen LogP contribution in [0.1, 0.15) is 38.0 Å². The number of unbranched alkanes of at least 4 members (excludes halogenated alkanes) is 2. The molecule has 0 saturated carbocycles. The minimum absolute atomic E-state index is 0.390. The highest BCUT2D eigenvalue weighted by molar-refractivity contribution is 9.10. The first-order chi connectivity index (χ1) is 13.7. The molecule has 1 aliphatic heterocycles. The van der Waals surface area contributed by atoms with E-state index in [0.29, 0.717) is 16.7 Å². The molecule has 0 spiro atoms. The molecular weight excluding hydrogens is 438 g/mol. The Morgan fingerprint density at radius 3 is 2.82 bits per heavy atom. The van der Waals surface area contributed by atoms with Crippen molar-refractivity contribution in [3.05, 3.63) is 52.8 Å². The van der Waals surface area contributed by atoms with Crippen LogP contribution in [0.25, 0.3) is 11.3 Å². The van der Waals surface area contributed by atoms with E-state index in [0.717, 1.165) is 33.5 Å². The number of benzene rings is 1. The third kappa shape index (κ3) is 4.28. The molecule has 3 aromatic rings. The van der Waals surface area contributed by atoms with Crippen LogP contribution >= 0.6 is 27.7 Å². The smallest absolute Gasteiger partial charge is 0.247 e. The first-order valence-corrected chi connectivity index (χ1v) is 11.0. The molecular formula is C20H20BrN5OS. The second kappa shape index (κ2) is 8.87. The lowest BCUT2D eigenvalue weighted by Crippen LogP contribution is -2.17. The van der Waals surface area contributed by atoms with Crippen molar-refractivity contribution in [2.75, 3.05) is 11.1 Å². The van der Waals surface area contributed by atoms with Gasteiger partial charge in [-0.1, -0.05) is 47.5 Å². The molecule has 28 heavy (non-hydrogen) atoms. The summed E-state index contributed by atoms with van der Waals surface area (Å²) in [6.07, 6.45) is 6.65. The zero-order valence-electron chi connectivity index (χ0n) is 15.4. The van der Waals surface area contributed by atoms with E-state index in [-0.39, 0.29) is 6.23 Å². The summed E-state index contributed by atoms with van der Waals surface area (Å²) in [6, 6.07) is 9.84. The number of fused-ring (bicyclic) bond motifs is 3. The molecule has 0 unspecified atom stereocenters. The average molecular weight is 458 g/mol. The van der Waals surface area contributed by atoms with Gasteiger partial charge in [0.2, 0.25) is 11.0 Å². The van der Waals surface area contributed by atoms with Gasteiger partial charge in [-0.3, -0.25) is 4.98 Å². The SMILES string of the molecule is CCCCCSc1nnc2c(n1)O[C@@H](c1ccncc1)Nc1ccc(Br)cc1-2. The number of hydrogen-bond donors (Lipinski definition) is 1. The zero-order chi connectivity index (χ0) is 19.3. The van der Waals surface area contributed by atoms with Crippen LogP contribution in [0.4, 0.5) is 5.69 Å². The number of hydrogen-bond acceptors (Lipinski definition) is 7. The molecule has 1 N–H and O–H groups in total. The van der Waals surface area contributed by atoms with Gasteiger partial charge in [-0.25, -0.2) is 0 Å². The van der Waals surface area contributed by atoms with Crippen molar-refractivity contribution in [1.82, 2.24) is 20.2 Å². The van der Waals surface area contributed by atoms with Gasteiger partial charge in [0.25, 0.3) is 0 Å². The Hall–Kier alpha value is -2.19. The van der Waals surface area contributed by atoms with Crippen molar-refractivity contribution >= 4 is 33.4 Å². The molecule has 0 radical (unpaired) electrons. The predicted octanol–water partition coefficient (Wildman–Crippen LogP) is 5.48. The third-order valence-electron chi connectivity index (χ3n) is 4.38. The van der Waals surface area contributed by atoms with Crippen molar-refractivity contribution in [2.24, 2.45) is 0 Å². The molecule has 1 aliphatic rings. The number of anilines is 1. The van der Waals surface area contributed by atoms with Gasteiger partial charge in [0.1, 0.15) is 0 Å². The average Bonchev–Trinajstić information content (AvgIpc) is 2.88. The van der Waals surface area contributed by atoms with E-state index < -0.39 is 0 Å². The van der Waals surface area contributed by atoms with Gasteiger partial charge in [0.05, 0.1) is 0 Å². The Bertz CT molecular complexity index is 957. The first-order valence-electron chi connectivity index (χ1n) is 9.25. The molecule has 0 amide bonds. The lowest BCUT2D eigenvalue weighted by molar-refractivity contribution is 0.225. The van der Waals surface area contributed by atoms with Crippen LogP contribution in [0.3, 0.4) is 0 Å². The number of nitrogens with zero attached hydrogens (tertiary/aromatic N) is 4. The number of aromatic nitrogens is 4. The van der Waals surface area contributed by atoms with E-state index in [1.807, 2.05) is 30.3 Å². The Balaban J connectivity index is 1.71. The van der Waals surface area contributed by atoms with E-state index >= 15 is 0 Å². The predicted molar refractivity (Wildman–Crippen MR) is 114 cm³/mol. The van der Waals surface area contributed by atoms with Crippen LogP contribution in [-0.4, -0.2) is 25.9 Å². The van der Waals surface area contributed by atoms with Crippen LogP contribution < -0.4 is 10.1 Å². The van der Waals surface area contributed by atoms with Gasteiger partial charge >= 0.3 is 0 Å². The molecule has 8 heteroatoms. The summed E-state index contributed by atoms with van der Waals surface area (Å²) in [5.41, 5.74) is 3.43. The van der Waals surface area contributed by atoms with Crippen molar-refractivity contribution in [1.29, 1.82) is 0 Å². The quantitative estimate of drug-likeness (QED) is 0.387. The third-order valence-corrected chi connectivity index (χ3v) is 5.79. The fourth-order valence-electron chi connectivity index (χ4n) is 2.94. The number of ether oxygens (including phenoxy) is 1. The molecule has 1 aromatic carbocycles. The minimum Gasteiger partial charge on any atom is -0.448 e. The zero-order valence-corrected chi connectivity index (χ0v) is 17.8. The monoisotopic (exact) mass is 457 g/mol. The lowest BCUT2D eigenvalue weighted by atomic mass is 10.1. The fourth-order valence-corrected chi connectivity index (χ4v) is 4.07. The highest BCUT2D eigenvalue weighted by Crippen LogP contribution is 2.40. The molecule has 0 fully saturated rings. The van der Waals surface area contributed by atoms with Gasteiger partial charge in [-0.2, -0.15) is 4.98 Å². The number of pyridine rings is 1. The van der Waals surface area contributed by atoms with Crippen molar-refractivity contribution in [3.63, 3.8) is 0 Å². The van der Waals surface area contributed by atoms with E-state index in [1.54, 1.807) is 24.2 Å². The highest BCUT2D eigenvalue weighted by Gasteiger charge is 2.26. The first kappa shape index (κ1) is 19.1. The number of halogens is 1. The van der Waals surface area contributed by atoms with E-state index in [1.165, 1.54) is 12.8 Å².